The fourth-order valence-electron chi connectivity index (χ4n) is 1.01. The second-order valence-electron chi connectivity index (χ2n) is 3.21. The molecule has 2 atom stereocenters. The molecule has 84 valence electrons. The summed E-state index contributed by atoms with van der Waals surface area (Å²) < 4.78 is 26.3. The van der Waals surface area contributed by atoms with Crippen molar-refractivity contribution in [3.8, 4) is 11.5 Å². The van der Waals surface area contributed by atoms with Crippen LogP contribution in [-0.2, 0) is 11.1 Å². The van der Waals surface area contributed by atoms with Gasteiger partial charge in [-0.15, -0.1) is 0 Å². The zero-order valence-corrected chi connectivity index (χ0v) is 9.20. The lowest BCUT2D eigenvalue weighted by atomic mass is 10.3. The molecule has 0 bridgehead atoms. The average Bonchev–Trinajstić information content (AvgIpc) is 2.17. The van der Waals surface area contributed by atoms with E-state index in [1.54, 1.807) is 25.1 Å². The van der Waals surface area contributed by atoms with Crippen molar-refractivity contribution in [1.82, 2.24) is 0 Å². The normalized spacial score (nSPS) is 14.5. The van der Waals surface area contributed by atoms with Crippen molar-refractivity contribution in [2.45, 2.75) is 18.6 Å². The van der Waals surface area contributed by atoms with Gasteiger partial charge >= 0.3 is 0 Å². The first-order chi connectivity index (χ1) is 7.09. The Bertz CT molecular complexity index is 340. The predicted molar refractivity (Wildman–Crippen MR) is 56.6 cm³/mol. The van der Waals surface area contributed by atoms with E-state index >= 15 is 0 Å². The summed E-state index contributed by atoms with van der Waals surface area (Å²) in [6, 6.07) is 6.40. The van der Waals surface area contributed by atoms with Crippen LogP contribution in [0.25, 0.3) is 0 Å². The van der Waals surface area contributed by atoms with Crippen molar-refractivity contribution in [3.05, 3.63) is 24.3 Å². The fraction of sp³-hybridized carbons (Fsp3) is 0.400. The van der Waals surface area contributed by atoms with Gasteiger partial charge in [-0.05, 0) is 18.6 Å². The number of aromatic hydroxyl groups is 1. The minimum atomic E-state index is -2.05. The highest BCUT2D eigenvalue weighted by Gasteiger charge is 2.02. The van der Waals surface area contributed by atoms with Gasteiger partial charge < -0.3 is 14.4 Å². The molecule has 4 nitrogen and oxygen atoms in total. The Morgan fingerprint density at radius 2 is 2.33 bits per heavy atom. The summed E-state index contributed by atoms with van der Waals surface area (Å²) in [6.45, 7) is 1.94. The van der Waals surface area contributed by atoms with E-state index in [-0.39, 0.29) is 5.75 Å². The highest BCUT2D eigenvalue weighted by molar-refractivity contribution is 7.79. The van der Waals surface area contributed by atoms with Crippen LogP contribution in [0.5, 0.6) is 11.5 Å². The van der Waals surface area contributed by atoms with Crippen LogP contribution in [0, 0.1) is 0 Å². The van der Waals surface area contributed by atoms with E-state index in [1.807, 2.05) is 0 Å². The van der Waals surface area contributed by atoms with Gasteiger partial charge in [0.25, 0.3) is 0 Å². The monoisotopic (exact) mass is 229 g/mol. The molecule has 0 radical (unpaired) electrons. The molecule has 0 amide bonds. The third-order valence-corrected chi connectivity index (χ3v) is 2.83. The van der Waals surface area contributed by atoms with Crippen LogP contribution in [0.3, 0.4) is 0 Å². The van der Waals surface area contributed by atoms with E-state index in [0.717, 1.165) is 0 Å². The molecule has 0 heterocycles. The number of ether oxygens (including phenoxy) is 1. The quantitative estimate of drug-likeness (QED) is 0.775. The number of phenolic OH excluding ortho intramolecular Hbond substituents is 1. The molecule has 1 aromatic carbocycles. The van der Waals surface area contributed by atoms with Crippen LogP contribution in [-0.4, -0.2) is 25.7 Å². The lowest BCUT2D eigenvalue weighted by molar-refractivity contribution is 0.307. The zero-order valence-electron chi connectivity index (χ0n) is 8.38. The maximum Gasteiger partial charge on any atom is 0.122 e. The Morgan fingerprint density at radius 1 is 1.60 bits per heavy atom. The van der Waals surface area contributed by atoms with E-state index in [0.29, 0.717) is 18.8 Å². The van der Waals surface area contributed by atoms with Gasteiger partial charge in [0, 0.05) is 11.3 Å². The van der Waals surface area contributed by atoms with E-state index in [2.05, 4.69) is 0 Å². The van der Waals surface area contributed by atoms with Gasteiger partial charge in [-0.25, -0.2) is 0 Å². The number of hydrogen-bond acceptors (Lipinski definition) is 4. The Hall–Kier alpha value is -1.07. The smallest absolute Gasteiger partial charge is 0.122 e. The molecule has 1 rings (SSSR count). The van der Waals surface area contributed by atoms with E-state index in [9.17, 15) is 8.76 Å². The molecular weight excluding hydrogens is 216 g/mol. The van der Waals surface area contributed by atoms with Crippen molar-refractivity contribution in [2.75, 3.05) is 6.61 Å². The van der Waals surface area contributed by atoms with Crippen LogP contribution < -0.4 is 4.74 Å². The molecule has 0 saturated carbocycles. The van der Waals surface area contributed by atoms with Gasteiger partial charge in [-0.3, -0.25) is 4.21 Å². The predicted octanol–water partition coefficient (Wildman–Crippen LogP) is 1.43. The van der Waals surface area contributed by atoms with Gasteiger partial charge in [-0.1, -0.05) is 24.1 Å². The molecule has 0 aliphatic heterocycles. The van der Waals surface area contributed by atoms with Gasteiger partial charge in [0.15, 0.2) is 0 Å². The second kappa shape index (κ2) is 5.72. The highest BCUT2D eigenvalue weighted by atomic mass is 32.2. The maximum atomic E-state index is 10.5. The summed E-state index contributed by atoms with van der Waals surface area (Å²) in [4.78, 5) is 0. The van der Waals surface area contributed by atoms with Crippen LogP contribution in [0.4, 0.5) is 0 Å². The Labute approximate surface area is 91.2 Å². The van der Waals surface area contributed by atoms with Crippen LogP contribution in [0.15, 0.2) is 24.3 Å². The van der Waals surface area contributed by atoms with Crippen molar-refractivity contribution >= 4 is 11.1 Å². The summed E-state index contributed by atoms with van der Waals surface area (Å²) in [5.41, 5.74) is 0. The van der Waals surface area contributed by atoms with Crippen molar-refractivity contribution < 1.29 is 18.6 Å². The van der Waals surface area contributed by atoms with Gasteiger partial charge in [0.05, 0.1) is 6.61 Å². The molecule has 15 heavy (non-hydrogen) atoms. The molecule has 5 heteroatoms. The van der Waals surface area contributed by atoms with Crippen LogP contribution >= 0.6 is 0 Å². The zero-order chi connectivity index (χ0) is 11.3. The molecule has 0 aliphatic rings. The summed E-state index contributed by atoms with van der Waals surface area (Å²) >= 11 is -2.05. The fourth-order valence-corrected chi connectivity index (χ4v) is 1.30. The molecule has 2 unspecified atom stereocenters. The second-order valence-corrected chi connectivity index (χ2v) is 4.53. The Morgan fingerprint density at radius 3 is 2.93 bits per heavy atom. The standard InChI is InChI=1S/C10H14O4S/c1-8(15(12)13)5-6-14-10-4-2-3-9(11)7-10/h2-4,7-8,11H,5-6H2,1H3,(H,12,13)/p-1. The third-order valence-electron chi connectivity index (χ3n) is 1.94. The van der Waals surface area contributed by atoms with Gasteiger partial charge in [0.1, 0.15) is 11.5 Å². The van der Waals surface area contributed by atoms with E-state index in [4.69, 9.17) is 9.84 Å². The van der Waals surface area contributed by atoms with Crippen LogP contribution in [0.2, 0.25) is 0 Å². The molecule has 0 spiro atoms. The number of phenols is 1. The molecule has 0 fully saturated rings. The van der Waals surface area contributed by atoms with Gasteiger partial charge in [0.2, 0.25) is 0 Å². The molecule has 1 aromatic rings. The molecule has 0 saturated heterocycles. The molecular formula is C10H13O4S-. The number of hydrogen-bond donors (Lipinski definition) is 1. The lowest BCUT2D eigenvalue weighted by Crippen LogP contribution is -2.14. The molecule has 0 aromatic heterocycles. The molecule has 1 N–H and O–H groups in total. The summed E-state index contributed by atoms with van der Waals surface area (Å²) in [6.07, 6.45) is 0.436. The summed E-state index contributed by atoms with van der Waals surface area (Å²) in [5, 5.41) is 8.72. The largest absolute Gasteiger partial charge is 0.772 e. The maximum absolute atomic E-state index is 10.5. The number of rotatable bonds is 5. The number of benzene rings is 1. The first-order valence-electron chi connectivity index (χ1n) is 4.59. The van der Waals surface area contributed by atoms with Crippen molar-refractivity contribution in [3.63, 3.8) is 0 Å². The SMILES string of the molecule is CC(CCOc1cccc(O)c1)S(=O)[O-]. The minimum Gasteiger partial charge on any atom is -0.772 e. The Balaban J connectivity index is 2.35. The first kappa shape index (κ1) is 12.0. The average molecular weight is 229 g/mol. The summed E-state index contributed by atoms with van der Waals surface area (Å²) in [5.74, 6) is 0.673. The highest BCUT2D eigenvalue weighted by Crippen LogP contribution is 2.17. The van der Waals surface area contributed by atoms with Crippen molar-refractivity contribution in [1.29, 1.82) is 0 Å². The van der Waals surface area contributed by atoms with Crippen LogP contribution in [0.1, 0.15) is 13.3 Å². The topological polar surface area (TPSA) is 69.6 Å². The summed E-state index contributed by atoms with van der Waals surface area (Å²) in [7, 11) is 0. The lowest BCUT2D eigenvalue weighted by Gasteiger charge is -2.14. The first-order valence-corrected chi connectivity index (χ1v) is 5.73. The van der Waals surface area contributed by atoms with E-state index in [1.165, 1.54) is 6.07 Å². The molecule has 0 aliphatic carbocycles. The van der Waals surface area contributed by atoms with Gasteiger partial charge in [-0.2, -0.15) is 0 Å². The van der Waals surface area contributed by atoms with Crippen molar-refractivity contribution in [2.24, 2.45) is 0 Å². The third kappa shape index (κ3) is 4.31. The minimum absolute atomic E-state index is 0.132. The van der Waals surface area contributed by atoms with E-state index < -0.39 is 16.3 Å². The Kier molecular flexibility index (Phi) is 4.58.